The van der Waals surface area contributed by atoms with Gasteiger partial charge in [-0.25, -0.2) is 4.39 Å². The molecular weight excluding hydrogens is 299 g/mol. The first kappa shape index (κ1) is 16.8. The number of ketones is 1. The fourth-order valence-corrected chi connectivity index (χ4v) is 7.46. The Labute approximate surface area is 146 Å². The molecule has 4 rings (SSSR count). The number of fused-ring (bicyclic) bond motifs is 5. The van der Waals surface area contributed by atoms with Crippen LogP contribution >= 0.6 is 0 Å². The zero-order valence-corrected chi connectivity index (χ0v) is 15.8. The van der Waals surface area contributed by atoms with E-state index in [1.807, 2.05) is 6.92 Å². The second kappa shape index (κ2) is 5.17. The minimum Gasteiger partial charge on any atom is -0.299 e. The molecule has 3 fully saturated rings. The van der Waals surface area contributed by atoms with E-state index in [4.69, 9.17) is 0 Å². The van der Waals surface area contributed by atoms with E-state index in [9.17, 15) is 9.18 Å². The molecule has 4 unspecified atom stereocenters. The summed E-state index contributed by atoms with van der Waals surface area (Å²) in [5.74, 6) is 2.47. The van der Waals surface area contributed by atoms with Gasteiger partial charge in [-0.3, -0.25) is 4.79 Å². The smallest absolute Gasteiger partial charge is 0.136 e. The van der Waals surface area contributed by atoms with Crippen molar-refractivity contribution < 1.29 is 9.18 Å². The van der Waals surface area contributed by atoms with Crippen molar-refractivity contribution in [2.24, 2.45) is 34.0 Å². The summed E-state index contributed by atoms with van der Waals surface area (Å²) in [4.78, 5) is 12.5. The van der Waals surface area contributed by atoms with Crippen LogP contribution in [0.5, 0.6) is 0 Å². The predicted molar refractivity (Wildman–Crippen MR) is 95.4 cm³/mol. The summed E-state index contributed by atoms with van der Waals surface area (Å²) in [5.41, 5.74) is 1.67. The number of hydrogen-bond acceptors (Lipinski definition) is 1. The molecule has 2 heteroatoms. The average Bonchev–Trinajstić information content (AvgIpc) is 2.81. The van der Waals surface area contributed by atoms with Crippen molar-refractivity contribution in [1.29, 1.82) is 0 Å². The summed E-state index contributed by atoms with van der Waals surface area (Å²) >= 11 is 0. The third-order valence-electron chi connectivity index (χ3n) is 9.43. The zero-order chi connectivity index (χ0) is 17.3. The standard InChI is InChI=1S/C22H33FO/c1-14(24)21(3)11-9-19-17-6-5-15-13-16(23)7-10-20(15,2)18(17)8-12-22(19,21)4/h5,16-19H,6-13H2,1-4H3/t16-,17?,18?,19?,20?,21+,22-/m0/s1. The Morgan fingerprint density at radius 3 is 2.50 bits per heavy atom. The van der Waals surface area contributed by atoms with Gasteiger partial charge in [-0.05, 0) is 80.5 Å². The molecule has 0 radical (unpaired) electrons. The molecule has 4 aliphatic carbocycles. The summed E-state index contributed by atoms with van der Waals surface area (Å²) in [6.07, 6.45) is 10.0. The maximum Gasteiger partial charge on any atom is 0.136 e. The van der Waals surface area contributed by atoms with Gasteiger partial charge in [-0.1, -0.05) is 32.4 Å². The van der Waals surface area contributed by atoms with Crippen LogP contribution in [0.2, 0.25) is 0 Å². The van der Waals surface area contributed by atoms with Crippen LogP contribution < -0.4 is 0 Å². The van der Waals surface area contributed by atoms with Gasteiger partial charge in [-0.2, -0.15) is 0 Å². The summed E-state index contributed by atoms with van der Waals surface area (Å²) in [7, 11) is 0. The summed E-state index contributed by atoms with van der Waals surface area (Å²) < 4.78 is 13.9. The first-order valence-corrected chi connectivity index (χ1v) is 10.1. The average molecular weight is 333 g/mol. The Morgan fingerprint density at radius 2 is 1.79 bits per heavy atom. The monoisotopic (exact) mass is 332 g/mol. The molecule has 7 atom stereocenters. The molecule has 0 bridgehead atoms. The maximum atomic E-state index is 13.9. The van der Waals surface area contributed by atoms with Crippen molar-refractivity contribution in [2.45, 2.75) is 85.2 Å². The van der Waals surface area contributed by atoms with Crippen LogP contribution in [0.1, 0.15) is 79.1 Å². The molecule has 134 valence electrons. The lowest BCUT2D eigenvalue weighted by molar-refractivity contribution is -0.138. The van der Waals surface area contributed by atoms with Crippen LogP contribution in [0, 0.1) is 34.0 Å². The molecule has 0 saturated heterocycles. The molecule has 0 aromatic heterocycles. The summed E-state index contributed by atoms with van der Waals surface area (Å²) in [6, 6.07) is 0. The fraction of sp³-hybridized carbons (Fsp3) is 0.864. The van der Waals surface area contributed by atoms with E-state index in [-0.39, 0.29) is 16.2 Å². The number of alkyl halides is 1. The third-order valence-corrected chi connectivity index (χ3v) is 9.43. The lowest BCUT2D eigenvalue weighted by atomic mass is 9.45. The Hall–Kier alpha value is -0.660. The molecular formula is C22H33FO. The maximum absolute atomic E-state index is 13.9. The minimum atomic E-state index is -0.623. The minimum absolute atomic E-state index is 0.135. The van der Waals surface area contributed by atoms with E-state index < -0.39 is 6.17 Å². The largest absolute Gasteiger partial charge is 0.299 e. The number of carbonyl (C=O) groups is 1. The van der Waals surface area contributed by atoms with Gasteiger partial charge < -0.3 is 0 Å². The number of hydrogen-bond donors (Lipinski definition) is 0. The molecule has 0 spiro atoms. The molecule has 3 saturated carbocycles. The third kappa shape index (κ3) is 1.95. The zero-order valence-electron chi connectivity index (χ0n) is 15.8. The van der Waals surface area contributed by atoms with Gasteiger partial charge in [0.05, 0.1) is 0 Å². The number of allylic oxidation sites excluding steroid dienone is 2. The quantitative estimate of drug-likeness (QED) is 0.548. The number of rotatable bonds is 1. The summed E-state index contributed by atoms with van der Waals surface area (Å²) in [6.45, 7) is 8.86. The topological polar surface area (TPSA) is 17.1 Å². The molecule has 0 aromatic carbocycles. The van der Waals surface area contributed by atoms with Gasteiger partial charge >= 0.3 is 0 Å². The Kier molecular flexibility index (Phi) is 3.62. The van der Waals surface area contributed by atoms with E-state index in [0.717, 1.165) is 25.7 Å². The van der Waals surface area contributed by atoms with Crippen molar-refractivity contribution in [2.75, 3.05) is 0 Å². The van der Waals surface area contributed by atoms with Crippen LogP contribution in [0.3, 0.4) is 0 Å². The molecule has 1 nitrogen and oxygen atoms in total. The van der Waals surface area contributed by atoms with Crippen LogP contribution in [0.4, 0.5) is 4.39 Å². The highest BCUT2D eigenvalue weighted by atomic mass is 19.1. The van der Waals surface area contributed by atoms with Crippen molar-refractivity contribution in [3.63, 3.8) is 0 Å². The van der Waals surface area contributed by atoms with Gasteiger partial charge in [0.15, 0.2) is 0 Å². The SMILES string of the molecule is CC(=O)[C@@]1(C)CCC2C3CC=C4C[C@@H](F)CCC4(C)C3CC[C@@]21C. The van der Waals surface area contributed by atoms with Crippen LogP contribution in [0.25, 0.3) is 0 Å². The highest BCUT2D eigenvalue weighted by Crippen LogP contribution is 2.69. The van der Waals surface area contributed by atoms with Crippen molar-refractivity contribution in [3.05, 3.63) is 11.6 Å². The van der Waals surface area contributed by atoms with Crippen LogP contribution in [-0.4, -0.2) is 12.0 Å². The Morgan fingerprint density at radius 1 is 1.08 bits per heavy atom. The highest BCUT2D eigenvalue weighted by molar-refractivity contribution is 5.83. The normalized spacial score (nSPS) is 53.6. The van der Waals surface area contributed by atoms with E-state index in [0.29, 0.717) is 30.0 Å². The lowest BCUT2D eigenvalue weighted by Crippen LogP contribution is -2.53. The van der Waals surface area contributed by atoms with E-state index in [1.54, 1.807) is 0 Å². The molecule has 0 N–H and O–H groups in total. The van der Waals surface area contributed by atoms with Crippen molar-refractivity contribution in [1.82, 2.24) is 0 Å². The predicted octanol–water partition coefficient (Wildman–Crippen LogP) is 5.88. The van der Waals surface area contributed by atoms with E-state index in [1.165, 1.54) is 24.8 Å². The highest BCUT2D eigenvalue weighted by Gasteiger charge is 2.63. The van der Waals surface area contributed by atoms with Crippen LogP contribution in [0.15, 0.2) is 11.6 Å². The van der Waals surface area contributed by atoms with Crippen molar-refractivity contribution in [3.8, 4) is 0 Å². The number of Topliss-reactive ketones (excluding diaryl/α,β-unsaturated/α-hetero) is 1. The number of carbonyl (C=O) groups excluding carboxylic acids is 1. The summed E-state index contributed by atoms with van der Waals surface area (Å²) in [5, 5.41) is 0. The number of halogens is 1. The van der Waals surface area contributed by atoms with Gasteiger partial charge in [0, 0.05) is 11.8 Å². The van der Waals surface area contributed by atoms with E-state index in [2.05, 4.69) is 26.8 Å². The molecule has 24 heavy (non-hydrogen) atoms. The van der Waals surface area contributed by atoms with E-state index >= 15 is 0 Å². The molecule has 0 heterocycles. The first-order valence-electron chi connectivity index (χ1n) is 10.1. The molecule has 0 aliphatic heterocycles. The Bertz CT molecular complexity index is 595. The lowest BCUT2D eigenvalue weighted by Gasteiger charge is -2.59. The van der Waals surface area contributed by atoms with Gasteiger partial charge in [-0.15, -0.1) is 0 Å². The van der Waals surface area contributed by atoms with Gasteiger partial charge in [0.1, 0.15) is 12.0 Å². The first-order chi connectivity index (χ1) is 11.2. The molecule has 0 aromatic rings. The fourth-order valence-electron chi connectivity index (χ4n) is 7.46. The molecule has 0 amide bonds. The molecule has 4 aliphatic rings. The van der Waals surface area contributed by atoms with Gasteiger partial charge in [0.2, 0.25) is 0 Å². The Balaban J connectivity index is 1.69. The van der Waals surface area contributed by atoms with Crippen LogP contribution in [-0.2, 0) is 4.79 Å². The van der Waals surface area contributed by atoms with Gasteiger partial charge in [0.25, 0.3) is 0 Å². The second-order valence-electron chi connectivity index (χ2n) is 9.98. The second-order valence-corrected chi connectivity index (χ2v) is 9.98. The van der Waals surface area contributed by atoms with Crippen molar-refractivity contribution >= 4 is 5.78 Å².